The van der Waals surface area contributed by atoms with Gasteiger partial charge in [0.25, 0.3) is 0 Å². The number of carbonyl (C=O) groups is 1. The van der Waals surface area contributed by atoms with Gasteiger partial charge < -0.3 is 19.9 Å². The number of hydrogen-bond acceptors (Lipinski definition) is 3. The lowest BCUT2D eigenvalue weighted by molar-refractivity contribution is -0.265. The largest absolute Gasteiger partial charge is 0.530 e. The van der Waals surface area contributed by atoms with Crippen molar-refractivity contribution in [1.82, 2.24) is 4.90 Å². The highest BCUT2D eigenvalue weighted by atomic mass is 16.4. The number of aliphatic hydroxyl groups is 1. The van der Waals surface area contributed by atoms with Gasteiger partial charge in [-0.3, -0.25) is 0 Å². The number of benzene rings is 1. The molecule has 0 fully saturated rings. The van der Waals surface area contributed by atoms with Crippen LogP contribution in [-0.4, -0.2) is 35.8 Å². The van der Waals surface area contributed by atoms with Crippen LogP contribution in [0.1, 0.15) is 5.56 Å². The molecule has 0 unspecified atom stereocenters. The molecule has 0 heterocycles. The standard InChI is InChI=1S/C11H15NO3/c13-9-8-12(11(14)15)7-6-10-4-2-1-3-5-10/h1-5,13H,6-9H2,(H,14,15)/p-1. The molecule has 0 aliphatic heterocycles. The molecule has 0 bridgehead atoms. The number of hydrogen-bond donors (Lipinski definition) is 1. The average Bonchev–Trinajstić information content (AvgIpc) is 2.25. The Bertz CT molecular complexity index is 300. The van der Waals surface area contributed by atoms with Crippen LogP contribution in [-0.2, 0) is 6.42 Å². The first-order valence-electron chi connectivity index (χ1n) is 4.84. The number of carboxylic acid groups (broad SMARTS) is 1. The van der Waals surface area contributed by atoms with Gasteiger partial charge >= 0.3 is 0 Å². The highest BCUT2D eigenvalue weighted by Gasteiger charge is 2.03. The lowest BCUT2D eigenvalue weighted by Crippen LogP contribution is -2.43. The molecular weight excluding hydrogens is 194 g/mol. The van der Waals surface area contributed by atoms with Crippen molar-refractivity contribution >= 4 is 6.09 Å². The molecule has 0 saturated heterocycles. The second-order valence-electron chi connectivity index (χ2n) is 3.21. The predicted octanol–water partition coefficient (Wildman–Crippen LogP) is -0.133. The molecule has 0 aliphatic carbocycles. The van der Waals surface area contributed by atoms with E-state index in [-0.39, 0.29) is 13.2 Å². The summed E-state index contributed by atoms with van der Waals surface area (Å²) in [5, 5.41) is 19.3. The molecule has 1 N–H and O–H groups in total. The molecule has 15 heavy (non-hydrogen) atoms. The molecule has 1 rings (SSSR count). The van der Waals surface area contributed by atoms with Crippen LogP contribution < -0.4 is 5.11 Å². The highest BCUT2D eigenvalue weighted by molar-refractivity contribution is 5.62. The average molecular weight is 208 g/mol. The van der Waals surface area contributed by atoms with Gasteiger partial charge in [-0.05, 0) is 12.0 Å². The topological polar surface area (TPSA) is 63.6 Å². The number of aliphatic hydroxyl groups excluding tert-OH is 1. The molecule has 0 saturated carbocycles. The van der Waals surface area contributed by atoms with E-state index in [1.54, 1.807) is 0 Å². The van der Waals surface area contributed by atoms with Crippen molar-refractivity contribution in [2.24, 2.45) is 0 Å². The van der Waals surface area contributed by atoms with Gasteiger partial charge in [0.05, 0.1) is 6.61 Å². The summed E-state index contributed by atoms with van der Waals surface area (Å²) in [4.78, 5) is 11.7. The molecule has 0 spiro atoms. The monoisotopic (exact) mass is 208 g/mol. The zero-order valence-corrected chi connectivity index (χ0v) is 8.43. The minimum absolute atomic E-state index is 0.106. The maximum atomic E-state index is 10.6. The van der Waals surface area contributed by atoms with E-state index in [2.05, 4.69) is 0 Å². The van der Waals surface area contributed by atoms with Gasteiger partial charge in [-0.1, -0.05) is 30.3 Å². The van der Waals surface area contributed by atoms with E-state index < -0.39 is 6.09 Å². The number of nitrogens with zero attached hydrogens (tertiary/aromatic N) is 1. The number of rotatable bonds is 5. The van der Waals surface area contributed by atoms with Crippen molar-refractivity contribution in [2.75, 3.05) is 19.7 Å². The van der Waals surface area contributed by atoms with Crippen LogP contribution in [0.3, 0.4) is 0 Å². The summed E-state index contributed by atoms with van der Waals surface area (Å²) in [7, 11) is 0. The fourth-order valence-electron chi connectivity index (χ4n) is 1.32. The zero-order valence-electron chi connectivity index (χ0n) is 8.43. The van der Waals surface area contributed by atoms with Gasteiger partial charge in [0.1, 0.15) is 6.09 Å². The summed E-state index contributed by atoms with van der Waals surface area (Å²) in [5.74, 6) is 0. The number of amides is 1. The number of carbonyl (C=O) groups excluding carboxylic acids is 1. The quantitative estimate of drug-likeness (QED) is 0.733. The van der Waals surface area contributed by atoms with Crippen LogP contribution >= 0.6 is 0 Å². The highest BCUT2D eigenvalue weighted by Crippen LogP contribution is 2.01. The van der Waals surface area contributed by atoms with Gasteiger partial charge in [0.15, 0.2) is 0 Å². The SMILES string of the molecule is O=C([O-])N(CCO)CCc1ccccc1. The molecule has 1 aromatic rings. The molecule has 0 radical (unpaired) electrons. The lowest BCUT2D eigenvalue weighted by Gasteiger charge is -2.23. The first-order valence-corrected chi connectivity index (χ1v) is 4.84. The maximum Gasteiger partial charge on any atom is 0.137 e. The molecule has 4 nitrogen and oxygen atoms in total. The molecular formula is C11H14NO3-. The van der Waals surface area contributed by atoms with E-state index >= 15 is 0 Å². The minimum Gasteiger partial charge on any atom is -0.530 e. The Balaban J connectivity index is 2.43. The maximum absolute atomic E-state index is 10.6. The van der Waals surface area contributed by atoms with Crippen LogP contribution in [0, 0.1) is 0 Å². The van der Waals surface area contributed by atoms with Crippen molar-refractivity contribution in [3.63, 3.8) is 0 Å². The van der Waals surface area contributed by atoms with E-state index in [0.717, 1.165) is 10.5 Å². The van der Waals surface area contributed by atoms with Crippen molar-refractivity contribution in [2.45, 2.75) is 6.42 Å². The Morgan fingerprint density at radius 1 is 1.27 bits per heavy atom. The van der Waals surface area contributed by atoms with E-state index in [9.17, 15) is 9.90 Å². The lowest BCUT2D eigenvalue weighted by atomic mass is 10.1. The van der Waals surface area contributed by atoms with Gasteiger partial charge in [-0.15, -0.1) is 0 Å². The van der Waals surface area contributed by atoms with Crippen molar-refractivity contribution in [3.8, 4) is 0 Å². The Morgan fingerprint density at radius 3 is 2.47 bits per heavy atom. The summed E-state index contributed by atoms with van der Waals surface area (Å²) in [6.07, 6.45) is -0.602. The molecule has 4 heteroatoms. The van der Waals surface area contributed by atoms with Crippen molar-refractivity contribution in [3.05, 3.63) is 35.9 Å². The summed E-state index contributed by atoms with van der Waals surface area (Å²) in [5.41, 5.74) is 1.07. The predicted molar refractivity (Wildman–Crippen MR) is 54.2 cm³/mol. The minimum atomic E-state index is -1.24. The summed E-state index contributed by atoms with van der Waals surface area (Å²) < 4.78 is 0. The first-order chi connectivity index (χ1) is 7.24. The third-order valence-electron chi connectivity index (χ3n) is 2.14. The van der Waals surface area contributed by atoms with Crippen molar-refractivity contribution < 1.29 is 15.0 Å². The smallest absolute Gasteiger partial charge is 0.137 e. The van der Waals surface area contributed by atoms with E-state index in [1.807, 2.05) is 30.3 Å². The molecule has 82 valence electrons. The Morgan fingerprint density at radius 2 is 1.93 bits per heavy atom. The van der Waals surface area contributed by atoms with E-state index in [1.165, 1.54) is 0 Å². The van der Waals surface area contributed by atoms with Gasteiger partial charge in [0.2, 0.25) is 0 Å². The summed E-state index contributed by atoms with van der Waals surface area (Å²) >= 11 is 0. The molecule has 0 atom stereocenters. The molecule has 1 aromatic carbocycles. The Hall–Kier alpha value is -1.55. The van der Waals surface area contributed by atoms with Crippen LogP contribution in [0.15, 0.2) is 30.3 Å². The third kappa shape index (κ3) is 3.99. The van der Waals surface area contributed by atoms with Crippen LogP contribution in [0.2, 0.25) is 0 Å². The fraction of sp³-hybridized carbons (Fsp3) is 0.364. The summed E-state index contributed by atoms with van der Waals surface area (Å²) in [6.45, 7) is 0.283. The summed E-state index contributed by atoms with van der Waals surface area (Å²) in [6, 6.07) is 9.60. The van der Waals surface area contributed by atoms with Crippen LogP contribution in [0.25, 0.3) is 0 Å². The second kappa shape index (κ2) is 6.03. The van der Waals surface area contributed by atoms with E-state index in [0.29, 0.717) is 13.0 Å². The second-order valence-corrected chi connectivity index (χ2v) is 3.21. The Kier molecular flexibility index (Phi) is 4.63. The van der Waals surface area contributed by atoms with Crippen molar-refractivity contribution in [1.29, 1.82) is 0 Å². The van der Waals surface area contributed by atoms with Gasteiger partial charge in [-0.2, -0.15) is 0 Å². The van der Waals surface area contributed by atoms with E-state index in [4.69, 9.17) is 5.11 Å². The van der Waals surface area contributed by atoms with Gasteiger partial charge in [-0.25, -0.2) is 0 Å². The fourth-order valence-corrected chi connectivity index (χ4v) is 1.32. The van der Waals surface area contributed by atoms with Gasteiger partial charge in [0, 0.05) is 13.1 Å². The normalized spacial score (nSPS) is 9.93. The molecule has 0 aromatic heterocycles. The zero-order chi connectivity index (χ0) is 11.1. The van der Waals surface area contributed by atoms with Crippen LogP contribution in [0.4, 0.5) is 4.79 Å². The first kappa shape index (κ1) is 11.5. The Labute approximate surface area is 88.8 Å². The molecule has 1 amide bonds. The van der Waals surface area contributed by atoms with Crippen LogP contribution in [0.5, 0.6) is 0 Å². The molecule has 0 aliphatic rings. The third-order valence-corrected chi connectivity index (χ3v) is 2.14.